The van der Waals surface area contributed by atoms with Crippen LogP contribution in [0.25, 0.3) is 0 Å². The molecule has 98 valence electrons. The van der Waals surface area contributed by atoms with Crippen LogP contribution in [0.15, 0.2) is 0 Å². The van der Waals surface area contributed by atoms with Crippen LogP contribution in [0.2, 0.25) is 0 Å². The van der Waals surface area contributed by atoms with Crippen molar-refractivity contribution in [2.24, 2.45) is 17.4 Å². The Morgan fingerprint density at radius 1 is 1.29 bits per heavy atom. The lowest BCUT2D eigenvalue weighted by Gasteiger charge is -2.29. The summed E-state index contributed by atoms with van der Waals surface area (Å²) < 4.78 is 0. The topological polar surface area (TPSA) is 98.2 Å². The molecular formula is C12H23N3O2. The molecule has 0 aliphatic heterocycles. The first kappa shape index (κ1) is 14.0. The molecule has 1 aliphatic carbocycles. The Bertz CT molecular complexity index is 273. The van der Waals surface area contributed by atoms with Gasteiger partial charge < -0.3 is 16.8 Å². The van der Waals surface area contributed by atoms with Crippen molar-refractivity contribution < 1.29 is 9.59 Å². The molecular weight excluding hydrogens is 218 g/mol. The molecule has 17 heavy (non-hydrogen) atoms. The smallest absolute Gasteiger partial charge is 0.237 e. The molecule has 1 fully saturated rings. The Labute approximate surface area is 102 Å². The first-order valence-electron chi connectivity index (χ1n) is 6.37. The Morgan fingerprint density at radius 3 is 2.35 bits per heavy atom. The van der Waals surface area contributed by atoms with Crippen molar-refractivity contribution in [2.45, 2.75) is 57.5 Å². The second-order valence-corrected chi connectivity index (χ2v) is 4.91. The van der Waals surface area contributed by atoms with Crippen molar-refractivity contribution in [3.63, 3.8) is 0 Å². The molecule has 0 radical (unpaired) electrons. The van der Waals surface area contributed by atoms with Gasteiger partial charge in [-0.3, -0.25) is 9.59 Å². The summed E-state index contributed by atoms with van der Waals surface area (Å²) >= 11 is 0. The summed E-state index contributed by atoms with van der Waals surface area (Å²) in [4.78, 5) is 22.3. The van der Waals surface area contributed by atoms with Crippen molar-refractivity contribution in [1.82, 2.24) is 5.32 Å². The maximum Gasteiger partial charge on any atom is 0.237 e. The molecule has 0 saturated heterocycles. The molecule has 5 nitrogen and oxygen atoms in total. The van der Waals surface area contributed by atoms with E-state index in [9.17, 15) is 9.59 Å². The highest BCUT2D eigenvalue weighted by Crippen LogP contribution is 2.26. The molecule has 2 amide bonds. The predicted octanol–water partition coefficient (Wildman–Crippen LogP) is 0.274. The van der Waals surface area contributed by atoms with E-state index in [1.54, 1.807) is 0 Å². The highest BCUT2D eigenvalue weighted by Gasteiger charge is 2.23. The van der Waals surface area contributed by atoms with Crippen LogP contribution in [0, 0.1) is 5.92 Å². The van der Waals surface area contributed by atoms with Gasteiger partial charge in [0.05, 0.1) is 12.5 Å². The minimum atomic E-state index is -0.809. The quantitative estimate of drug-likeness (QED) is 0.644. The van der Waals surface area contributed by atoms with E-state index in [0.717, 1.165) is 31.6 Å². The SMILES string of the molecule is CCC1CCC(NC(=O)C(N)CC(N)=O)CC1. The van der Waals surface area contributed by atoms with E-state index >= 15 is 0 Å². The first-order chi connectivity index (χ1) is 8.02. The molecule has 0 aromatic rings. The molecule has 1 atom stereocenters. The van der Waals surface area contributed by atoms with Crippen LogP contribution >= 0.6 is 0 Å². The summed E-state index contributed by atoms with van der Waals surface area (Å²) in [6, 6.07) is -0.597. The lowest BCUT2D eigenvalue weighted by atomic mass is 9.84. The fourth-order valence-corrected chi connectivity index (χ4v) is 2.33. The number of amides is 2. The zero-order chi connectivity index (χ0) is 12.8. The molecule has 1 unspecified atom stereocenters. The van der Waals surface area contributed by atoms with Gasteiger partial charge in [-0.05, 0) is 31.6 Å². The summed E-state index contributed by atoms with van der Waals surface area (Å²) in [5, 5.41) is 2.90. The highest BCUT2D eigenvalue weighted by molar-refractivity contribution is 5.87. The molecule has 1 rings (SSSR count). The van der Waals surface area contributed by atoms with Crippen molar-refractivity contribution >= 4 is 11.8 Å². The monoisotopic (exact) mass is 241 g/mol. The van der Waals surface area contributed by atoms with Crippen LogP contribution in [-0.2, 0) is 9.59 Å². The van der Waals surface area contributed by atoms with Gasteiger partial charge in [0.15, 0.2) is 0 Å². The second kappa shape index (κ2) is 6.59. The van der Waals surface area contributed by atoms with Crippen molar-refractivity contribution in [3.8, 4) is 0 Å². The molecule has 1 saturated carbocycles. The van der Waals surface area contributed by atoms with E-state index in [1.165, 1.54) is 6.42 Å². The van der Waals surface area contributed by atoms with Gasteiger partial charge >= 0.3 is 0 Å². The molecule has 0 heterocycles. The summed E-state index contributed by atoms with van der Waals surface area (Å²) in [5.74, 6) is -0.00599. The third kappa shape index (κ3) is 4.73. The Morgan fingerprint density at radius 2 is 1.88 bits per heavy atom. The average Bonchev–Trinajstić information content (AvgIpc) is 2.29. The number of nitrogens with two attached hydrogens (primary N) is 2. The van der Waals surface area contributed by atoms with E-state index < -0.39 is 11.9 Å². The number of hydrogen-bond donors (Lipinski definition) is 3. The highest BCUT2D eigenvalue weighted by atomic mass is 16.2. The normalized spacial score (nSPS) is 26.2. The maximum absolute atomic E-state index is 11.7. The largest absolute Gasteiger partial charge is 0.370 e. The number of carbonyl (C=O) groups excluding carboxylic acids is 2. The van der Waals surface area contributed by atoms with Crippen LogP contribution in [-0.4, -0.2) is 23.9 Å². The van der Waals surface area contributed by atoms with E-state index in [4.69, 9.17) is 11.5 Å². The summed E-state index contributed by atoms with van der Waals surface area (Å²) in [6.07, 6.45) is 5.46. The summed E-state index contributed by atoms with van der Waals surface area (Å²) in [7, 11) is 0. The molecule has 0 spiro atoms. The predicted molar refractivity (Wildman–Crippen MR) is 66.0 cm³/mol. The van der Waals surface area contributed by atoms with Crippen LogP contribution in [0.4, 0.5) is 0 Å². The van der Waals surface area contributed by atoms with E-state index in [1.807, 2.05) is 0 Å². The number of nitrogens with one attached hydrogen (secondary N) is 1. The van der Waals surface area contributed by atoms with Gasteiger partial charge in [0, 0.05) is 6.04 Å². The van der Waals surface area contributed by atoms with Crippen molar-refractivity contribution in [3.05, 3.63) is 0 Å². The number of hydrogen-bond acceptors (Lipinski definition) is 3. The van der Waals surface area contributed by atoms with Gasteiger partial charge in [0.1, 0.15) is 0 Å². The minimum Gasteiger partial charge on any atom is -0.370 e. The van der Waals surface area contributed by atoms with Crippen molar-refractivity contribution in [1.29, 1.82) is 0 Å². The van der Waals surface area contributed by atoms with Gasteiger partial charge in [-0.25, -0.2) is 0 Å². The summed E-state index contributed by atoms with van der Waals surface area (Å²) in [5.41, 5.74) is 10.6. The average molecular weight is 241 g/mol. The van der Waals surface area contributed by atoms with Crippen LogP contribution in [0.1, 0.15) is 45.4 Å². The van der Waals surface area contributed by atoms with Crippen LogP contribution in [0.3, 0.4) is 0 Å². The second-order valence-electron chi connectivity index (χ2n) is 4.91. The third-order valence-corrected chi connectivity index (χ3v) is 3.53. The van der Waals surface area contributed by atoms with Gasteiger partial charge in [-0.15, -0.1) is 0 Å². The Kier molecular flexibility index (Phi) is 5.41. The molecule has 0 bridgehead atoms. The third-order valence-electron chi connectivity index (χ3n) is 3.53. The molecule has 5 N–H and O–H groups in total. The van der Waals surface area contributed by atoms with Gasteiger partial charge in [0.25, 0.3) is 0 Å². The van der Waals surface area contributed by atoms with E-state index in [0.29, 0.717) is 0 Å². The van der Waals surface area contributed by atoms with Gasteiger partial charge in [-0.1, -0.05) is 13.3 Å². The van der Waals surface area contributed by atoms with Crippen molar-refractivity contribution in [2.75, 3.05) is 0 Å². The van der Waals surface area contributed by atoms with Gasteiger partial charge in [-0.2, -0.15) is 0 Å². The fraction of sp³-hybridized carbons (Fsp3) is 0.833. The number of carbonyl (C=O) groups is 2. The molecule has 1 aliphatic rings. The molecule has 0 aromatic carbocycles. The number of rotatable bonds is 5. The summed E-state index contributed by atoms with van der Waals surface area (Å²) in [6.45, 7) is 2.20. The fourth-order valence-electron chi connectivity index (χ4n) is 2.33. The lowest BCUT2D eigenvalue weighted by molar-refractivity contribution is -0.127. The van der Waals surface area contributed by atoms with E-state index in [-0.39, 0.29) is 18.4 Å². The molecule has 5 heteroatoms. The van der Waals surface area contributed by atoms with E-state index in [2.05, 4.69) is 12.2 Å². The Hall–Kier alpha value is -1.10. The maximum atomic E-state index is 11.7. The zero-order valence-corrected chi connectivity index (χ0v) is 10.4. The lowest BCUT2D eigenvalue weighted by Crippen LogP contribution is -2.47. The standard InChI is InChI=1S/C12H23N3O2/c1-2-8-3-5-9(6-4-8)15-12(17)10(13)7-11(14)16/h8-10H,2-7,13H2,1H3,(H2,14,16)(H,15,17). The van der Waals surface area contributed by atoms with Crippen LogP contribution < -0.4 is 16.8 Å². The first-order valence-corrected chi connectivity index (χ1v) is 6.37. The molecule has 0 aromatic heterocycles. The minimum absolute atomic E-state index is 0.0872. The number of primary amides is 1. The zero-order valence-electron chi connectivity index (χ0n) is 10.4. The Balaban J connectivity index is 2.30. The van der Waals surface area contributed by atoms with Crippen LogP contribution in [0.5, 0.6) is 0 Å². The van der Waals surface area contributed by atoms with Gasteiger partial charge in [0.2, 0.25) is 11.8 Å².